The predicted molar refractivity (Wildman–Crippen MR) is 147 cm³/mol. The summed E-state index contributed by atoms with van der Waals surface area (Å²) in [6.07, 6.45) is -5.36. The van der Waals surface area contributed by atoms with Gasteiger partial charge >= 0.3 is 5.97 Å². The average Bonchev–Trinajstić information content (AvgIpc) is 2.96. The van der Waals surface area contributed by atoms with Crippen molar-refractivity contribution in [1.82, 2.24) is 0 Å². The number of esters is 1. The van der Waals surface area contributed by atoms with E-state index >= 15 is 0 Å². The Labute approximate surface area is 237 Å². The summed E-state index contributed by atoms with van der Waals surface area (Å²) in [5.74, 6) is -1.25. The molecule has 5 rings (SSSR count). The fourth-order valence-corrected chi connectivity index (χ4v) is 4.43. The van der Waals surface area contributed by atoms with E-state index in [1.165, 1.54) is 54.6 Å². The van der Waals surface area contributed by atoms with E-state index in [4.69, 9.17) is 18.6 Å². The number of phenolic OH excluding ortho intramolecular Hbond substituents is 3. The lowest BCUT2D eigenvalue weighted by Gasteiger charge is -2.41. The molecule has 1 saturated heterocycles. The molecule has 0 bridgehead atoms. The summed E-state index contributed by atoms with van der Waals surface area (Å²) >= 11 is 0. The third-order valence-corrected chi connectivity index (χ3v) is 6.57. The normalized spacial score (nSPS) is 22.3. The molecule has 0 spiro atoms. The van der Waals surface area contributed by atoms with Crippen LogP contribution in [0.4, 0.5) is 0 Å². The molecule has 5 atom stereocenters. The van der Waals surface area contributed by atoms with Gasteiger partial charge in [0.2, 0.25) is 6.29 Å². The molecule has 3 aromatic carbocycles. The Hall–Kier alpha value is -4.88. The summed E-state index contributed by atoms with van der Waals surface area (Å²) in [5.41, 5.74) is 0.465. The summed E-state index contributed by atoms with van der Waals surface area (Å²) in [6.45, 7) is -0.711. The monoisotopic (exact) mass is 578 g/mol. The van der Waals surface area contributed by atoms with Gasteiger partial charge in [0.15, 0.2) is 11.5 Å². The number of aliphatic hydroxyl groups is 3. The number of benzene rings is 3. The van der Waals surface area contributed by atoms with Crippen LogP contribution in [0.5, 0.6) is 23.0 Å². The van der Waals surface area contributed by atoms with Gasteiger partial charge in [-0.25, -0.2) is 4.79 Å². The number of aromatic hydroxyl groups is 3. The smallest absolute Gasteiger partial charge is 0.331 e. The SMILES string of the molecule is O=C(/C=C/c1ccc(O)cc1)O[C@H]1[C@H](O)[C@@H](O)[C@H](Oc2cc(O)c3c(=O)cc(-c4ccc(O)cc4)oc3c2)O[C@H]1CO. The second kappa shape index (κ2) is 11.9. The minimum absolute atomic E-state index is 0.0205. The second-order valence-corrected chi connectivity index (χ2v) is 9.49. The first-order valence-electron chi connectivity index (χ1n) is 12.7. The molecular formula is C30H26O12. The highest BCUT2D eigenvalue weighted by Crippen LogP contribution is 2.33. The lowest BCUT2D eigenvalue weighted by Crippen LogP contribution is -2.61. The van der Waals surface area contributed by atoms with Crippen LogP contribution in [-0.4, -0.2) is 73.9 Å². The van der Waals surface area contributed by atoms with Gasteiger partial charge in [-0.3, -0.25) is 4.79 Å². The highest BCUT2D eigenvalue weighted by Gasteiger charge is 2.47. The number of hydrogen-bond donors (Lipinski definition) is 6. The lowest BCUT2D eigenvalue weighted by atomic mass is 9.99. The van der Waals surface area contributed by atoms with Gasteiger partial charge in [-0.2, -0.15) is 0 Å². The summed E-state index contributed by atoms with van der Waals surface area (Å²) in [5, 5.41) is 60.6. The Kier molecular flexibility index (Phi) is 8.13. The van der Waals surface area contributed by atoms with Crippen LogP contribution in [0.25, 0.3) is 28.4 Å². The Bertz CT molecular complexity index is 1660. The molecule has 1 aliphatic heterocycles. The second-order valence-electron chi connectivity index (χ2n) is 9.49. The Morgan fingerprint density at radius 2 is 1.57 bits per heavy atom. The zero-order valence-electron chi connectivity index (χ0n) is 21.7. The molecule has 42 heavy (non-hydrogen) atoms. The van der Waals surface area contributed by atoms with E-state index in [0.717, 1.165) is 12.1 Å². The predicted octanol–water partition coefficient (Wildman–Crippen LogP) is 2.02. The van der Waals surface area contributed by atoms with Crippen LogP contribution in [0, 0.1) is 0 Å². The molecule has 0 aliphatic carbocycles. The Morgan fingerprint density at radius 1 is 0.905 bits per heavy atom. The quantitative estimate of drug-likeness (QED) is 0.138. The van der Waals surface area contributed by atoms with Crippen LogP contribution in [0.15, 0.2) is 82.0 Å². The number of fused-ring (bicyclic) bond motifs is 1. The van der Waals surface area contributed by atoms with Crippen molar-refractivity contribution in [2.45, 2.75) is 30.7 Å². The number of ether oxygens (including phenoxy) is 3. The summed E-state index contributed by atoms with van der Waals surface area (Å²) in [7, 11) is 0. The molecule has 6 N–H and O–H groups in total. The fraction of sp³-hybridized carbons (Fsp3) is 0.200. The third-order valence-electron chi connectivity index (χ3n) is 6.57. The van der Waals surface area contributed by atoms with E-state index in [1.54, 1.807) is 12.1 Å². The number of aliphatic hydroxyl groups excluding tert-OH is 3. The number of carbonyl (C=O) groups excluding carboxylic acids is 1. The molecule has 4 aromatic rings. The first kappa shape index (κ1) is 28.6. The number of phenols is 3. The van der Waals surface area contributed by atoms with Crippen molar-refractivity contribution in [2.75, 3.05) is 6.61 Å². The van der Waals surface area contributed by atoms with Crippen molar-refractivity contribution in [3.8, 4) is 34.3 Å². The van der Waals surface area contributed by atoms with Crippen molar-refractivity contribution in [3.05, 3.63) is 88.6 Å². The van der Waals surface area contributed by atoms with Gasteiger partial charge in [-0.05, 0) is 48.0 Å². The molecule has 12 nitrogen and oxygen atoms in total. The standard InChI is InChI=1S/C30H26O12/c31-14-24-29(42-25(36)10-3-15-1-6-17(32)7-2-15)27(37)28(38)30(41-24)39-19-11-20(34)26-21(35)13-22(40-23(26)12-19)16-4-8-18(33)9-5-16/h1-13,24,27-34,37-38H,14H2/b10-3+/t24-,27+,28+,29+,30+/m0/s1. The molecule has 2 heterocycles. The van der Waals surface area contributed by atoms with Crippen molar-refractivity contribution in [2.24, 2.45) is 0 Å². The van der Waals surface area contributed by atoms with Gasteiger partial charge in [0, 0.05) is 29.8 Å². The topological polar surface area (TPSA) is 196 Å². The van der Waals surface area contributed by atoms with Crippen LogP contribution in [-0.2, 0) is 14.3 Å². The Morgan fingerprint density at radius 3 is 2.24 bits per heavy atom. The van der Waals surface area contributed by atoms with Gasteiger partial charge in [0.25, 0.3) is 0 Å². The average molecular weight is 579 g/mol. The van der Waals surface area contributed by atoms with Gasteiger partial charge in [0.05, 0.1) is 6.61 Å². The molecule has 12 heteroatoms. The molecule has 218 valence electrons. The maximum Gasteiger partial charge on any atom is 0.331 e. The van der Waals surface area contributed by atoms with Gasteiger partial charge in [-0.15, -0.1) is 0 Å². The lowest BCUT2D eigenvalue weighted by molar-refractivity contribution is -0.280. The zero-order chi connectivity index (χ0) is 30.0. The molecule has 0 amide bonds. The number of rotatable bonds is 7. The maximum atomic E-state index is 12.7. The van der Waals surface area contributed by atoms with Crippen molar-refractivity contribution >= 4 is 23.0 Å². The molecular weight excluding hydrogens is 552 g/mol. The molecule has 1 fully saturated rings. The molecule has 0 saturated carbocycles. The van der Waals surface area contributed by atoms with Crippen LogP contribution in [0.2, 0.25) is 0 Å². The summed E-state index contributed by atoms with van der Waals surface area (Å²) < 4.78 is 22.3. The largest absolute Gasteiger partial charge is 0.508 e. The van der Waals surface area contributed by atoms with E-state index in [1.807, 2.05) is 0 Å². The number of carbonyl (C=O) groups is 1. The zero-order valence-corrected chi connectivity index (χ0v) is 21.7. The fourth-order valence-electron chi connectivity index (χ4n) is 4.43. The Balaban J connectivity index is 1.33. The van der Waals surface area contributed by atoms with Crippen LogP contribution in [0.3, 0.4) is 0 Å². The van der Waals surface area contributed by atoms with Gasteiger partial charge in [0.1, 0.15) is 58.0 Å². The minimum Gasteiger partial charge on any atom is -0.508 e. The third kappa shape index (κ3) is 6.06. The molecule has 1 aromatic heterocycles. The van der Waals surface area contributed by atoms with Crippen molar-refractivity contribution < 1.29 is 54.1 Å². The minimum atomic E-state index is -1.76. The molecule has 0 radical (unpaired) electrons. The van der Waals surface area contributed by atoms with E-state index in [-0.39, 0.29) is 34.0 Å². The van der Waals surface area contributed by atoms with E-state index < -0.39 is 54.5 Å². The van der Waals surface area contributed by atoms with Crippen molar-refractivity contribution in [1.29, 1.82) is 0 Å². The highest BCUT2D eigenvalue weighted by atomic mass is 16.7. The number of hydrogen-bond acceptors (Lipinski definition) is 12. The van der Waals surface area contributed by atoms with Gasteiger partial charge < -0.3 is 49.3 Å². The molecule has 1 aliphatic rings. The van der Waals surface area contributed by atoms with E-state index in [0.29, 0.717) is 11.1 Å². The highest BCUT2D eigenvalue weighted by molar-refractivity contribution is 5.87. The van der Waals surface area contributed by atoms with Crippen LogP contribution < -0.4 is 10.2 Å². The van der Waals surface area contributed by atoms with Crippen LogP contribution in [0.1, 0.15) is 5.56 Å². The molecule has 0 unspecified atom stereocenters. The summed E-state index contributed by atoms with van der Waals surface area (Å²) in [4.78, 5) is 25.1. The van der Waals surface area contributed by atoms with Crippen molar-refractivity contribution in [3.63, 3.8) is 0 Å². The first-order chi connectivity index (χ1) is 20.1. The first-order valence-corrected chi connectivity index (χ1v) is 12.7. The van der Waals surface area contributed by atoms with Crippen LogP contribution >= 0.6 is 0 Å². The summed E-state index contributed by atoms with van der Waals surface area (Å²) in [6, 6.07) is 15.4. The van der Waals surface area contributed by atoms with E-state index in [9.17, 15) is 40.2 Å². The van der Waals surface area contributed by atoms with E-state index in [2.05, 4.69) is 0 Å². The maximum absolute atomic E-state index is 12.7. The van der Waals surface area contributed by atoms with Gasteiger partial charge in [-0.1, -0.05) is 12.1 Å².